The van der Waals surface area contributed by atoms with Crippen molar-refractivity contribution in [3.63, 3.8) is 0 Å². The second-order valence-corrected chi connectivity index (χ2v) is 3.16. The first-order valence-electron chi connectivity index (χ1n) is 5.12. The number of hydrogen-bond donors (Lipinski definition) is 2. The summed E-state index contributed by atoms with van der Waals surface area (Å²) in [6, 6.07) is 4.44. The number of H-pyrrole nitrogens is 1. The Hall–Kier alpha value is -1.76. The number of aromatic amines is 1. The molecule has 4 heteroatoms. The van der Waals surface area contributed by atoms with Gasteiger partial charge < -0.3 is 4.98 Å². The third kappa shape index (κ3) is 4.87. The van der Waals surface area contributed by atoms with Crippen LogP contribution in [0.25, 0.3) is 0 Å². The van der Waals surface area contributed by atoms with Crippen LogP contribution in [0.2, 0.25) is 0 Å². The van der Waals surface area contributed by atoms with Crippen LogP contribution in [-0.4, -0.2) is 9.97 Å². The van der Waals surface area contributed by atoms with Gasteiger partial charge in [0.05, 0.1) is 0 Å². The van der Waals surface area contributed by atoms with Crippen LogP contribution in [0.3, 0.4) is 0 Å². The second-order valence-electron chi connectivity index (χ2n) is 3.16. The molecule has 0 saturated heterocycles. The molecule has 0 aliphatic heterocycles. The summed E-state index contributed by atoms with van der Waals surface area (Å²) in [4.78, 5) is 16.9. The predicted molar refractivity (Wildman–Crippen MR) is 60.4 cm³/mol. The van der Waals surface area contributed by atoms with Crippen molar-refractivity contribution in [1.82, 2.24) is 9.97 Å². The van der Waals surface area contributed by atoms with E-state index in [4.69, 9.17) is 0 Å². The highest BCUT2D eigenvalue weighted by Crippen LogP contribution is 1.97. The summed E-state index contributed by atoms with van der Waals surface area (Å²) in [5, 5.41) is 2.77. The summed E-state index contributed by atoms with van der Waals surface area (Å²) < 4.78 is 0. The Morgan fingerprint density at radius 1 is 1.53 bits per heavy atom. The average Bonchev–Trinajstić information content (AvgIpc) is 2.23. The highest BCUT2D eigenvalue weighted by Gasteiger charge is 1.89. The van der Waals surface area contributed by atoms with E-state index < -0.39 is 0 Å². The lowest BCUT2D eigenvalue weighted by Crippen LogP contribution is -2.10. The fourth-order valence-electron chi connectivity index (χ4n) is 1.07. The van der Waals surface area contributed by atoms with Crippen molar-refractivity contribution in [2.24, 2.45) is 0 Å². The third-order valence-electron chi connectivity index (χ3n) is 1.85. The van der Waals surface area contributed by atoms with Gasteiger partial charge in [0.25, 0.3) is 0 Å². The van der Waals surface area contributed by atoms with E-state index in [2.05, 4.69) is 34.2 Å². The molecular formula is C11H15N3O. The van der Waals surface area contributed by atoms with Gasteiger partial charge in [-0.05, 0) is 12.5 Å². The Bertz CT molecular complexity index is 400. The first kappa shape index (κ1) is 11.3. The molecule has 0 saturated carbocycles. The highest BCUT2D eigenvalue weighted by atomic mass is 16.1. The van der Waals surface area contributed by atoms with Gasteiger partial charge >= 0.3 is 5.69 Å². The van der Waals surface area contributed by atoms with Gasteiger partial charge in [0.2, 0.25) is 0 Å². The Labute approximate surface area is 89.1 Å². The number of anilines is 1. The lowest BCUT2D eigenvalue weighted by Gasteiger charge is -1.93. The molecule has 0 atom stereocenters. The monoisotopic (exact) mass is 205 g/mol. The molecule has 0 unspecified atom stereocenters. The minimum absolute atomic E-state index is 0.368. The number of unbranched alkanes of at least 4 members (excludes halogenated alkanes) is 3. The summed E-state index contributed by atoms with van der Waals surface area (Å²) in [6.07, 6.45) is 5.94. The Kier molecular flexibility index (Phi) is 5.02. The van der Waals surface area contributed by atoms with E-state index in [1.54, 1.807) is 6.07 Å². The summed E-state index contributed by atoms with van der Waals surface area (Å²) in [6.45, 7) is 2.16. The van der Waals surface area contributed by atoms with Crippen molar-refractivity contribution in [2.45, 2.75) is 32.6 Å². The van der Waals surface area contributed by atoms with Gasteiger partial charge in [-0.1, -0.05) is 25.7 Å². The molecule has 0 bridgehead atoms. The van der Waals surface area contributed by atoms with Crippen LogP contribution >= 0.6 is 0 Å². The van der Waals surface area contributed by atoms with Crippen LogP contribution in [0.5, 0.6) is 0 Å². The maximum absolute atomic E-state index is 10.8. The molecule has 0 aliphatic carbocycles. The van der Waals surface area contributed by atoms with Gasteiger partial charge in [-0.25, -0.2) is 4.79 Å². The van der Waals surface area contributed by atoms with E-state index in [-0.39, 0.29) is 5.69 Å². The normalized spacial score (nSPS) is 9.13. The maximum atomic E-state index is 10.8. The molecule has 0 radical (unpaired) electrons. The maximum Gasteiger partial charge on any atom is 0.346 e. The van der Waals surface area contributed by atoms with E-state index >= 15 is 0 Å². The van der Waals surface area contributed by atoms with Crippen molar-refractivity contribution in [2.75, 3.05) is 5.32 Å². The van der Waals surface area contributed by atoms with Gasteiger partial charge in [0, 0.05) is 18.7 Å². The minimum Gasteiger partial charge on any atom is -0.313 e. The Morgan fingerprint density at radius 2 is 2.40 bits per heavy atom. The number of nitrogens with zero attached hydrogens (tertiary/aromatic N) is 1. The zero-order valence-electron chi connectivity index (χ0n) is 8.84. The van der Waals surface area contributed by atoms with Gasteiger partial charge in [0.15, 0.2) is 0 Å². The molecule has 15 heavy (non-hydrogen) atoms. The van der Waals surface area contributed by atoms with E-state index in [1.807, 2.05) is 0 Å². The number of rotatable bonds is 4. The molecular weight excluding hydrogens is 190 g/mol. The molecule has 1 aromatic heterocycles. The molecule has 2 N–H and O–H groups in total. The Morgan fingerprint density at radius 3 is 3.13 bits per heavy atom. The molecule has 4 nitrogen and oxygen atoms in total. The fourth-order valence-corrected chi connectivity index (χ4v) is 1.07. The standard InChI is InChI=1S/C11H15N3O/c1-2-3-4-5-6-8-12-10-7-9-13-11(15)14-10/h7,9H,2-5H2,1H3,(H2,12,13,14,15). The zero-order chi connectivity index (χ0) is 10.9. The zero-order valence-corrected chi connectivity index (χ0v) is 8.84. The minimum atomic E-state index is -0.368. The fraction of sp³-hybridized carbons (Fsp3) is 0.455. The number of nitrogens with one attached hydrogen (secondary N) is 2. The number of aromatic nitrogens is 2. The summed E-state index contributed by atoms with van der Waals surface area (Å²) >= 11 is 0. The van der Waals surface area contributed by atoms with Crippen LogP contribution in [-0.2, 0) is 0 Å². The van der Waals surface area contributed by atoms with Crippen LogP contribution < -0.4 is 11.0 Å². The smallest absolute Gasteiger partial charge is 0.313 e. The van der Waals surface area contributed by atoms with Gasteiger partial charge in [-0.3, -0.25) is 5.32 Å². The van der Waals surface area contributed by atoms with Crippen LogP contribution in [0.4, 0.5) is 5.82 Å². The topological polar surface area (TPSA) is 57.8 Å². The molecule has 0 spiro atoms. The van der Waals surface area contributed by atoms with E-state index in [0.717, 1.165) is 12.8 Å². The highest BCUT2D eigenvalue weighted by molar-refractivity contribution is 5.38. The van der Waals surface area contributed by atoms with Crippen molar-refractivity contribution in [3.8, 4) is 12.0 Å². The summed E-state index contributed by atoms with van der Waals surface area (Å²) in [7, 11) is 0. The molecule has 1 rings (SSSR count). The van der Waals surface area contributed by atoms with Crippen molar-refractivity contribution < 1.29 is 0 Å². The van der Waals surface area contributed by atoms with Crippen molar-refractivity contribution >= 4 is 5.82 Å². The van der Waals surface area contributed by atoms with Gasteiger partial charge in [-0.2, -0.15) is 4.98 Å². The van der Waals surface area contributed by atoms with Crippen LogP contribution in [0.15, 0.2) is 17.1 Å². The molecule has 0 fully saturated rings. The SMILES string of the molecule is CCCCCC#CNc1cc[nH]c(=O)n1. The Balaban J connectivity index is 2.33. The molecule has 1 heterocycles. The first-order chi connectivity index (χ1) is 7.33. The first-order valence-corrected chi connectivity index (χ1v) is 5.12. The quantitative estimate of drug-likeness (QED) is 0.447. The molecule has 0 amide bonds. The number of hydrogen-bond acceptors (Lipinski definition) is 3. The predicted octanol–water partition coefficient (Wildman–Crippen LogP) is 1.72. The van der Waals surface area contributed by atoms with Gasteiger partial charge in [0.1, 0.15) is 5.82 Å². The summed E-state index contributed by atoms with van der Waals surface area (Å²) in [5.74, 6) is 3.46. The van der Waals surface area contributed by atoms with Crippen molar-refractivity contribution in [3.05, 3.63) is 22.7 Å². The molecule has 1 aromatic rings. The lowest BCUT2D eigenvalue weighted by atomic mass is 10.2. The van der Waals surface area contributed by atoms with Gasteiger partial charge in [-0.15, -0.1) is 0 Å². The van der Waals surface area contributed by atoms with Crippen molar-refractivity contribution in [1.29, 1.82) is 0 Å². The lowest BCUT2D eigenvalue weighted by molar-refractivity contribution is 0.737. The molecule has 0 aliphatic rings. The molecule has 0 aromatic carbocycles. The average molecular weight is 205 g/mol. The summed E-state index contributed by atoms with van der Waals surface area (Å²) in [5.41, 5.74) is -0.368. The van der Waals surface area contributed by atoms with Crippen LogP contribution in [0.1, 0.15) is 32.6 Å². The van der Waals surface area contributed by atoms with E-state index in [0.29, 0.717) is 5.82 Å². The van der Waals surface area contributed by atoms with Crippen LogP contribution in [0, 0.1) is 12.0 Å². The third-order valence-corrected chi connectivity index (χ3v) is 1.85. The second kappa shape index (κ2) is 6.66. The van der Waals surface area contributed by atoms with E-state index in [1.165, 1.54) is 19.0 Å². The molecule has 80 valence electrons. The van der Waals surface area contributed by atoms with E-state index in [9.17, 15) is 4.79 Å². The largest absolute Gasteiger partial charge is 0.346 e.